The number of hydrogen-bond acceptors (Lipinski definition) is 8. The van der Waals surface area contributed by atoms with Gasteiger partial charge >= 0.3 is 0 Å². The van der Waals surface area contributed by atoms with Crippen molar-refractivity contribution in [1.29, 1.82) is 10.5 Å². The van der Waals surface area contributed by atoms with Gasteiger partial charge in [0.15, 0.2) is 0 Å². The van der Waals surface area contributed by atoms with Gasteiger partial charge in [-0.05, 0) is 58.6 Å². The van der Waals surface area contributed by atoms with E-state index in [1.807, 2.05) is 38.8 Å². The van der Waals surface area contributed by atoms with E-state index in [4.69, 9.17) is 4.84 Å². The van der Waals surface area contributed by atoms with Crippen molar-refractivity contribution >= 4 is 22.4 Å². The lowest BCUT2D eigenvalue weighted by Crippen LogP contribution is -2.39. The molecule has 4 rings (SSSR count). The summed E-state index contributed by atoms with van der Waals surface area (Å²) < 4.78 is 15.1. The maximum absolute atomic E-state index is 13.7. The number of oxime groups is 1. The van der Waals surface area contributed by atoms with Crippen molar-refractivity contribution in [3.8, 4) is 12.1 Å². The Labute approximate surface area is 214 Å². The molecular formula is C26H29FN8O2. The van der Waals surface area contributed by atoms with Crippen LogP contribution < -0.4 is 10.5 Å². The SMILES string of the molecule is CN(c1c(C#N)c(=O)n(C)c2ccc(C#N)nc12)C1CCC(C(=NOC(C)(C)C)c2cc(F)n[nH]2)CC1. The molecule has 0 amide bonds. The van der Waals surface area contributed by atoms with Crippen LogP contribution in [0.5, 0.6) is 0 Å². The minimum Gasteiger partial charge on any atom is -0.390 e. The standard InChI is InChI=1S/C26H29FN8O2/c1-26(2,3)37-33-22(19-12-21(27)32-31-19)15-6-9-17(10-7-15)34(4)24-18(14-29)25(36)35(5)20-11-8-16(13-28)30-23(20)24/h8,11-12,15,17H,6-7,9-10H2,1-5H3,(H,31,32). The number of nitrogens with zero attached hydrogens (tertiary/aromatic N) is 7. The maximum atomic E-state index is 13.7. The molecule has 0 bridgehead atoms. The molecule has 0 saturated heterocycles. The number of fused-ring (bicyclic) bond motifs is 1. The minimum absolute atomic E-state index is 0.00372. The van der Waals surface area contributed by atoms with Crippen LogP contribution in [0.3, 0.4) is 0 Å². The third-order valence-corrected chi connectivity index (χ3v) is 6.67. The lowest BCUT2D eigenvalue weighted by atomic mass is 9.81. The molecule has 37 heavy (non-hydrogen) atoms. The summed E-state index contributed by atoms with van der Waals surface area (Å²) in [4.78, 5) is 25.0. The largest absolute Gasteiger partial charge is 0.390 e. The normalized spacial score (nSPS) is 18.3. The van der Waals surface area contributed by atoms with Crippen molar-refractivity contribution in [3.05, 3.63) is 51.5 Å². The van der Waals surface area contributed by atoms with Gasteiger partial charge in [-0.15, -0.1) is 5.10 Å². The number of hydrogen-bond donors (Lipinski definition) is 1. The monoisotopic (exact) mass is 504 g/mol. The smallest absolute Gasteiger partial charge is 0.270 e. The molecule has 1 saturated carbocycles. The number of halogens is 1. The van der Waals surface area contributed by atoms with Crippen LogP contribution in [0.4, 0.5) is 10.1 Å². The second-order valence-electron chi connectivity index (χ2n) is 10.3. The molecule has 0 atom stereocenters. The first-order valence-corrected chi connectivity index (χ1v) is 12.1. The molecule has 0 aromatic carbocycles. The predicted octanol–water partition coefficient (Wildman–Crippen LogP) is 3.75. The third-order valence-electron chi connectivity index (χ3n) is 6.67. The van der Waals surface area contributed by atoms with Crippen LogP contribution in [0.25, 0.3) is 11.0 Å². The zero-order chi connectivity index (χ0) is 26.9. The van der Waals surface area contributed by atoms with E-state index in [1.54, 1.807) is 19.2 Å². The highest BCUT2D eigenvalue weighted by atomic mass is 19.1. The molecule has 3 aromatic rings. The van der Waals surface area contributed by atoms with Crippen LogP contribution in [0, 0.1) is 34.5 Å². The van der Waals surface area contributed by atoms with Crippen molar-refractivity contribution in [3.63, 3.8) is 0 Å². The van der Waals surface area contributed by atoms with Gasteiger partial charge in [-0.2, -0.15) is 14.9 Å². The molecule has 0 unspecified atom stereocenters. The summed E-state index contributed by atoms with van der Waals surface area (Å²) in [5, 5.41) is 29.9. The van der Waals surface area contributed by atoms with E-state index in [0.717, 1.165) is 25.7 Å². The molecule has 3 aromatic heterocycles. The molecule has 11 heteroatoms. The van der Waals surface area contributed by atoms with Gasteiger partial charge in [0.2, 0.25) is 5.95 Å². The number of aromatic amines is 1. The van der Waals surface area contributed by atoms with Crippen LogP contribution in [0.15, 0.2) is 28.1 Å². The number of pyridine rings is 2. The van der Waals surface area contributed by atoms with Crippen molar-refractivity contribution in [2.45, 2.75) is 58.1 Å². The van der Waals surface area contributed by atoms with E-state index >= 15 is 0 Å². The van der Waals surface area contributed by atoms with Gasteiger partial charge in [0.05, 0.1) is 16.9 Å². The van der Waals surface area contributed by atoms with E-state index in [2.05, 4.69) is 26.4 Å². The first-order valence-electron chi connectivity index (χ1n) is 12.1. The Kier molecular flexibility index (Phi) is 6.99. The summed E-state index contributed by atoms with van der Waals surface area (Å²) in [5.74, 6) is -0.608. The molecular weight excluding hydrogens is 475 g/mol. The molecule has 1 aliphatic rings. The van der Waals surface area contributed by atoms with Crippen molar-refractivity contribution in [1.82, 2.24) is 19.7 Å². The zero-order valence-corrected chi connectivity index (χ0v) is 21.5. The van der Waals surface area contributed by atoms with Crippen molar-refractivity contribution in [2.75, 3.05) is 11.9 Å². The van der Waals surface area contributed by atoms with Crippen LogP contribution in [0.2, 0.25) is 0 Å². The summed E-state index contributed by atoms with van der Waals surface area (Å²) in [5.41, 5.74) is 1.81. The number of nitrogens with one attached hydrogen (secondary N) is 1. The molecule has 3 heterocycles. The Hall–Kier alpha value is -4.25. The minimum atomic E-state index is -0.613. The lowest BCUT2D eigenvalue weighted by molar-refractivity contribution is -0.0000723. The highest BCUT2D eigenvalue weighted by Gasteiger charge is 2.32. The Morgan fingerprint density at radius 1 is 1.24 bits per heavy atom. The fourth-order valence-electron chi connectivity index (χ4n) is 4.78. The third kappa shape index (κ3) is 5.17. The topological polar surface area (TPSA) is 136 Å². The van der Waals surface area contributed by atoms with Gasteiger partial charge in [-0.25, -0.2) is 4.98 Å². The quantitative estimate of drug-likeness (QED) is 0.413. The van der Waals surface area contributed by atoms with E-state index in [0.29, 0.717) is 28.1 Å². The van der Waals surface area contributed by atoms with Crippen molar-refractivity contribution in [2.24, 2.45) is 18.1 Å². The van der Waals surface area contributed by atoms with Gasteiger partial charge in [-0.3, -0.25) is 9.89 Å². The molecule has 1 aliphatic carbocycles. The molecule has 10 nitrogen and oxygen atoms in total. The van der Waals surface area contributed by atoms with E-state index in [9.17, 15) is 19.7 Å². The van der Waals surface area contributed by atoms with Gasteiger partial charge in [-0.1, -0.05) is 5.16 Å². The number of rotatable bonds is 5. The second kappa shape index (κ2) is 10.0. The summed E-state index contributed by atoms with van der Waals surface area (Å²) in [6.45, 7) is 5.67. The zero-order valence-electron chi connectivity index (χ0n) is 21.5. The fourth-order valence-corrected chi connectivity index (χ4v) is 4.78. The average molecular weight is 505 g/mol. The van der Waals surface area contributed by atoms with Gasteiger partial charge in [0, 0.05) is 32.1 Å². The lowest BCUT2D eigenvalue weighted by Gasteiger charge is -2.36. The highest BCUT2D eigenvalue weighted by Crippen LogP contribution is 2.35. The highest BCUT2D eigenvalue weighted by molar-refractivity contribution is 6.00. The van der Waals surface area contributed by atoms with E-state index in [1.165, 1.54) is 10.6 Å². The summed E-state index contributed by atoms with van der Waals surface area (Å²) in [6, 6.07) is 8.65. The van der Waals surface area contributed by atoms with Gasteiger partial charge in [0.25, 0.3) is 5.56 Å². The molecule has 0 radical (unpaired) electrons. The number of H-pyrrole nitrogens is 1. The second-order valence-corrected chi connectivity index (χ2v) is 10.3. The number of anilines is 1. The average Bonchev–Trinajstić information content (AvgIpc) is 3.30. The molecule has 0 aliphatic heterocycles. The predicted molar refractivity (Wildman–Crippen MR) is 136 cm³/mol. The molecule has 192 valence electrons. The first kappa shape index (κ1) is 25.8. The van der Waals surface area contributed by atoms with Crippen LogP contribution in [-0.2, 0) is 11.9 Å². The van der Waals surface area contributed by atoms with Crippen LogP contribution in [-0.4, -0.2) is 44.2 Å². The van der Waals surface area contributed by atoms with Crippen LogP contribution >= 0.6 is 0 Å². The molecule has 0 spiro atoms. The van der Waals surface area contributed by atoms with Gasteiger partial charge in [0.1, 0.15) is 40.2 Å². The van der Waals surface area contributed by atoms with E-state index < -0.39 is 17.1 Å². The number of nitriles is 2. The van der Waals surface area contributed by atoms with Gasteiger partial charge < -0.3 is 14.3 Å². The summed E-state index contributed by atoms with van der Waals surface area (Å²) in [6.07, 6.45) is 2.91. The molecule has 1 N–H and O–H groups in total. The Bertz CT molecular complexity index is 1490. The fraction of sp³-hybridized carbons (Fsp3) is 0.462. The maximum Gasteiger partial charge on any atom is 0.270 e. The first-order chi connectivity index (χ1) is 17.5. The van der Waals surface area contributed by atoms with E-state index in [-0.39, 0.29) is 23.2 Å². The molecule has 1 fully saturated rings. The number of aromatic nitrogens is 4. The Balaban J connectivity index is 1.65. The Morgan fingerprint density at radius 3 is 2.51 bits per heavy atom. The van der Waals surface area contributed by atoms with Crippen LogP contribution in [0.1, 0.15) is 63.4 Å². The Morgan fingerprint density at radius 2 is 1.95 bits per heavy atom. The summed E-state index contributed by atoms with van der Waals surface area (Å²) >= 11 is 0. The summed E-state index contributed by atoms with van der Waals surface area (Å²) in [7, 11) is 3.44. The van der Waals surface area contributed by atoms with Crippen molar-refractivity contribution < 1.29 is 9.23 Å². The number of aryl methyl sites for hydroxylation is 1.